The van der Waals surface area contributed by atoms with Gasteiger partial charge in [0.1, 0.15) is 5.84 Å². The summed E-state index contributed by atoms with van der Waals surface area (Å²) in [5, 5.41) is 9.04. The molecule has 1 aliphatic rings. The van der Waals surface area contributed by atoms with Crippen LogP contribution in [0.1, 0.15) is 27.9 Å². The Morgan fingerprint density at radius 1 is 1.35 bits per heavy atom. The van der Waals surface area contributed by atoms with Gasteiger partial charge in [0.15, 0.2) is 0 Å². The van der Waals surface area contributed by atoms with Gasteiger partial charge in [0.25, 0.3) is 0 Å². The van der Waals surface area contributed by atoms with Crippen LogP contribution in [0.3, 0.4) is 0 Å². The van der Waals surface area contributed by atoms with Gasteiger partial charge in [-0.05, 0) is 43.7 Å². The van der Waals surface area contributed by atoms with Crippen molar-refractivity contribution >= 4 is 16.7 Å². The standard InChI is InChI=1S/C16H20N4/c1-9-6-10(2)14-13(7-9)19-12-4-5-20(3)8-11(12)15(14)16(17)18/h6-7H,4-5,8H2,1-3H3,(H3,17,18). The zero-order valence-corrected chi connectivity index (χ0v) is 12.2. The first kappa shape index (κ1) is 13.1. The first-order valence-corrected chi connectivity index (χ1v) is 6.93. The van der Waals surface area contributed by atoms with Crippen LogP contribution < -0.4 is 5.73 Å². The van der Waals surface area contributed by atoms with E-state index < -0.39 is 0 Å². The quantitative estimate of drug-likeness (QED) is 0.615. The average Bonchev–Trinajstić information content (AvgIpc) is 2.36. The smallest absolute Gasteiger partial charge is 0.123 e. The molecule has 0 atom stereocenters. The molecule has 0 unspecified atom stereocenters. The molecule has 1 aromatic heterocycles. The van der Waals surface area contributed by atoms with E-state index in [0.29, 0.717) is 0 Å². The molecular formula is C16H20N4. The zero-order valence-electron chi connectivity index (χ0n) is 12.2. The molecule has 4 heteroatoms. The molecule has 20 heavy (non-hydrogen) atoms. The fraction of sp³-hybridized carbons (Fsp3) is 0.375. The van der Waals surface area contributed by atoms with Crippen LogP contribution in [0.5, 0.6) is 0 Å². The molecule has 0 radical (unpaired) electrons. The van der Waals surface area contributed by atoms with Gasteiger partial charge in [-0.1, -0.05) is 6.07 Å². The molecule has 3 rings (SSSR count). The highest BCUT2D eigenvalue weighted by atomic mass is 15.1. The minimum Gasteiger partial charge on any atom is -0.384 e. The molecule has 0 spiro atoms. The van der Waals surface area contributed by atoms with E-state index in [0.717, 1.165) is 52.8 Å². The van der Waals surface area contributed by atoms with Gasteiger partial charge < -0.3 is 10.6 Å². The number of likely N-dealkylation sites (N-methyl/N-ethyl adjacent to an activating group) is 1. The Morgan fingerprint density at radius 3 is 2.80 bits per heavy atom. The third-order valence-electron chi connectivity index (χ3n) is 4.04. The number of rotatable bonds is 1. The molecule has 4 nitrogen and oxygen atoms in total. The first-order chi connectivity index (χ1) is 9.47. The van der Waals surface area contributed by atoms with Crippen molar-refractivity contribution in [1.29, 1.82) is 5.41 Å². The predicted molar refractivity (Wildman–Crippen MR) is 82.3 cm³/mol. The van der Waals surface area contributed by atoms with Gasteiger partial charge in [-0.25, -0.2) is 0 Å². The van der Waals surface area contributed by atoms with Crippen molar-refractivity contribution in [3.63, 3.8) is 0 Å². The van der Waals surface area contributed by atoms with Crippen molar-refractivity contribution in [2.45, 2.75) is 26.8 Å². The van der Waals surface area contributed by atoms with Gasteiger partial charge in [0, 0.05) is 36.2 Å². The van der Waals surface area contributed by atoms with Crippen molar-refractivity contribution in [3.8, 4) is 0 Å². The Balaban J connectivity index is 2.42. The third kappa shape index (κ3) is 1.96. The number of aryl methyl sites for hydroxylation is 2. The van der Waals surface area contributed by atoms with Crippen LogP contribution in [0.2, 0.25) is 0 Å². The van der Waals surface area contributed by atoms with Crippen LogP contribution in [0.4, 0.5) is 0 Å². The van der Waals surface area contributed by atoms with Crippen LogP contribution in [0.15, 0.2) is 12.1 Å². The van der Waals surface area contributed by atoms with E-state index in [1.807, 2.05) is 0 Å². The summed E-state index contributed by atoms with van der Waals surface area (Å²) in [5.41, 5.74) is 12.3. The van der Waals surface area contributed by atoms with Crippen molar-refractivity contribution in [3.05, 3.63) is 40.1 Å². The summed E-state index contributed by atoms with van der Waals surface area (Å²) in [6.07, 6.45) is 0.926. The molecule has 1 aromatic carbocycles. The SMILES string of the molecule is Cc1cc(C)c2c(C(=N)N)c3c(nc2c1)CCN(C)C3. The molecule has 2 heterocycles. The number of nitrogens with zero attached hydrogens (tertiary/aromatic N) is 2. The van der Waals surface area contributed by atoms with E-state index in [-0.39, 0.29) is 5.84 Å². The van der Waals surface area contributed by atoms with E-state index in [1.165, 1.54) is 5.56 Å². The molecular weight excluding hydrogens is 248 g/mol. The molecule has 0 fully saturated rings. The molecule has 2 aromatic rings. The second-order valence-electron chi connectivity index (χ2n) is 5.79. The third-order valence-corrected chi connectivity index (χ3v) is 4.04. The van der Waals surface area contributed by atoms with E-state index in [4.69, 9.17) is 16.1 Å². The molecule has 3 N–H and O–H groups in total. The van der Waals surface area contributed by atoms with Gasteiger partial charge in [-0.3, -0.25) is 10.4 Å². The van der Waals surface area contributed by atoms with Gasteiger partial charge in [-0.2, -0.15) is 0 Å². The Bertz CT molecular complexity index is 718. The summed E-state index contributed by atoms with van der Waals surface area (Å²) >= 11 is 0. The summed E-state index contributed by atoms with van der Waals surface area (Å²) < 4.78 is 0. The van der Waals surface area contributed by atoms with Gasteiger partial charge >= 0.3 is 0 Å². The lowest BCUT2D eigenvalue weighted by atomic mass is 9.92. The molecule has 0 saturated carbocycles. The first-order valence-electron chi connectivity index (χ1n) is 6.93. The summed E-state index contributed by atoms with van der Waals surface area (Å²) in [6, 6.07) is 4.22. The van der Waals surface area contributed by atoms with Gasteiger partial charge in [-0.15, -0.1) is 0 Å². The molecule has 0 aliphatic carbocycles. The van der Waals surface area contributed by atoms with E-state index in [1.54, 1.807) is 0 Å². The minimum absolute atomic E-state index is 0.149. The van der Waals surface area contributed by atoms with Crippen LogP contribution in [-0.4, -0.2) is 29.3 Å². The van der Waals surface area contributed by atoms with Gasteiger partial charge in [0.2, 0.25) is 0 Å². The molecule has 1 aliphatic heterocycles. The summed E-state index contributed by atoms with van der Waals surface area (Å²) in [4.78, 5) is 7.09. The lowest BCUT2D eigenvalue weighted by Crippen LogP contribution is -2.30. The molecule has 0 saturated heterocycles. The number of amidine groups is 1. The van der Waals surface area contributed by atoms with E-state index in [9.17, 15) is 0 Å². The maximum absolute atomic E-state index is 8.01. The van der Waals surface area contributed by atoms with E-state index in [2.05, 4.69) is 37.9 Å². The highest BCUT2D eigenvalue weighted by molar-refractivity contribution is 6.09. The monoisotopic (exact) mass is 268 g/mol. The Labute approximate surface area is 119 Å². The Morgan fingerprint density at radius 2 is 2.10 bits per heavy atom. The number of nitrogen functional groups attached to an aromatic ring is 1. The zero-order chi connectivity index (χ0) is 14.4. The number of benzene rings is 1. The molecule has 0 amide bonds. The number of nitrogens with one attached hydrogen (secondary N) is 1. The number of hydrogen-bond donors (Lipinski definition) is 2. The van der Waals surface area contributed by atoms with Crippen LogP contribution >= 0.6 is 0 Å². The molecule has 104 valence electrons. The van der Waals surface area contributed by atoms with Crippen molar-refractivity contribution in [2.24, 2.45) is 5.73 Å². The summed E-state index contributed by atoms with van der Waals surface area (Å²) in [5.74, 6) is 0.149. The topological polar surface area (TPSA) is 66.0 Å². The second kappa shape index (κ2) is 4.56. The Kier molecular flexibility index (Phi) is 2.98. The lowest BCUT2D eigenvalue weighted by Gasteiger charge is -2.27. The maximum atomic E-state index is 8.01. The van der Waals surface area contributed by atoms with E-state index >= 15 is 0 Å². The second-order valence-corrected chi connectivity index (χ2v) is 5.79. The maximum Gasteiger partial charge on any atom is 0.123 e. The average molecular weight is 268 g/mol. The van der Waals surface area contributed by atoms with Crippen molar-refractivity contribution in [1.82, 2.24) is 9.88 Å². The lowest BCUT2D eigenvalue weighted by molar-refractivity contribution is 0.310. The van der Waals surface area contributed by atoms with Crippen LogP contribution in [0.25, 0.3) is 10.9 Å². The normalized spacial score (nSPS) is 15.3. The largest absolute Gasteiger partial charge is 0.384 e. The van der Waals surface area contributed by atoms with Gasteiger partial charge in [0.05, 0.1) is 5.52 Å². The van der Waals surface area contributed by atoms with Crippen molar-refractivity contribution in [2.75, 3.05) is 13.6 Å². The van der Waals surface area contributed by atoms with Crippen molar-refractivity contribution < 1.29 is 0 Å². The number of pyridine rings is 1. The highest BCUT2D eigenvalue weighted by Crippen LogP contribution is 2.30. The number of nitrogens with two attached hydrogens (primary N) is 1. The summed E-state index contributed by atoms with van der Waals surface area (Å²) in [6.45, 7) is 5.98. The highest BCUT2D eigenvalue weighted by Gasteiger charge is 2.22. The minimum atomic E-state index is 0.149. The number of fused-ring (bicyclic) bond motifs is 2. The molecule has 0 bridgehead atoms. The number of hydrogen-bond acceptors (Lipinski definition) is 3. The summed E-state index contributed by atoms with van der Waals surface area (Å²) in [7, 11) is 2.10. The fourth-order valence-electron chi connectivity index (χ4n) is 3.19. The van der Waals surface area contributed by atoms with Crippen LogP contribution in [0, 0.1) is 19.3 Å². The fourth-order valence-corrected chi connectivity index (χ4v) is 3.19. The van der Waals surface area contributed by atoms with Crippen LogP contribution in [-0.2, 0) is 13.0 Å². The Hall–Kier alpha value is -1.94. The number of aromatic nitrogens is 1. The predicted octanol–water partition coefficient (Wildman–Crippen LogP) is 2.12.